The quantitative estimate of drug-likeness (QED) is 0.787. The van der Waals surface area contributed by atoms with Gasteiger partial charge >= 0.3 is 0 Å². The van der Waals surface area contributed by atoms with E-state index in [9.17, 15) is 4.79 Å². The second-order valence-corrected chi connectivity index (χ2v) is 5.95. The third kappa shape index (κ3) is 5.11. The number of rotatable bonds is 7. The molecule has 0 aliphatic carbocycles. The van der Waals surface area contributed by atoms with Gasteiger partial charge in [-0.1, -0.05) is 24.3 Å². The minimum atomic E-state index is 0.177. The van der Waals surface area contributed by atoms with Gasteiger partial charge in [0.1, 0.15) is 0 Å². The molecule has 1 amide bonds. The molecule has 1 aromatic rings. The van der Waals surface area contributed by atoms with E-state index in [2.05, 4.69) is 19.1 Å². The highest BCUT2D eigenvalue weighted by Crippen LogP contribution is 2.16. The summed E-state index contributed by atoms with van der Waals surface area (Å²) in [6.07, 6.45) is 4.14. The van der Waals surface area contributed by atoms with Crippen molar-refractivity contribution >= 4 is 5.91 Å². The van der Waals surface area contributed by atoms with Gasteiger partial charge in [-0.2, -0.15) is 0 Å². The number of hydrogen-bond acceptors (Lipinski definition) is 3. The number of ether oxygens (including phenoxy) is 1. The first-order valence-corrected chi connectivity index (χ1v) is 8.25. The van der Waals surface area contributed by atoms with Gasteiger partial charge in [-0.25, -0.2) is 0 Å². The Bertz CT molecular complexity index is 467. The number of carbonyl (C=O) groups excluding carboxylic acids is 1. The summed E-state index contributed by atoms with van der Waals surface area (Å²) in [7, 11) is 0. The average molecular weight is 305 g/mol. The van der Waals surface area contributed by atoms with Crippen LogP contribution in [0.15, 0.2) is 24.3 Å². The summed E-state index contributed by atoms with van der Waals surface area (Å²) < 4.78 is 5.70. The van der Waals surface area contributed by atoms with Crippen LogP contribution in [0.3, 0.4) is 0 Å². The Morgan fingerprint density at radius 2 is 2.05 bits per heavy atom. The smallest absolute Gasteiger partial charge is 0.222 e. The van der Waals surface area contributed by atoms with Crippen LogP contribution >= 0.6 is 0 Å². The zero-order valence-corrected chi connectivity index (χ0v) is 13.5. The van der Waals surface area contributed by atoms with Crippen molar-refractivity contribution in [1.29, 1.82) is 0 Å². The van der Waals surface area contributed by atoms with E-state index in [1.165, 1.54) is 11.1 Å². The molecule has 1 fully saturated rings. The number of aryl methyl sites for hydroxylation is 2. The fourth-order valence-corrected chi connectivity index (χ4v) is 2.88. The first kappa shape index (κ1) is 17.0. The molecule has 4 nitrogen and oxygen atoms in total. The SMILES string of the molecule is Cc1ccccc1CCC(=O)N1CCC(OCCCO)CC1. The lowest BCUT2D eigenvalue weighted by Gasteiger charge is -2.32. The van der Waals surface area contributed by atoms with Crippen molar-refractivity contribution in [2.24, 2.45) is 0 Å². The Balaban J connectivity index is 1.70. The maximum absolute atomic E-state index is 12.3. The van der Waals surface area contributed by atoms with E-state index < -0.39 is 0 Å². The van der Waals surface area contributed by atoms with Crippen molar-refractivity contribution in [3.05, 3.63) is 35.4 Å². The number of amides is 1. The van der Waals surface area contributed by atoms with Crippen molar-refractivity contribution < 1.29 is 14.6 Å². The monoisotopic (exact) mass is 305 g/mol. The summed E-state index contributed by atoms with van der Waals surface area (Å²) in [6, 6.07) is 8.25. The average Bonchev–Trinajstić information content (AvgIpc) is 2.55. The second-order valence-electron chi connectivity index (χ2n) is 5.95. The minimum Gasteiger partial charge on any atom is -0.396 e. The van der Waals surface area contributed by atoms with E-state index >= 15 is 0 Å². The molecular weight excluding hydrogens is 278 g/mol. The number of hydrogen-bond donors (Lipinski definition) is 1. The molecule has 0 atom stereocenters. The van der Waals surface area contributed by atoms with Crippen molar-refractivity contribution in [3.63, 3.8) is 0 Å². The van der Waals surface area contributed by atoms with Gasteiger partial charge in [0.25, 0.3) is 0 Å². The second kappa shape index (κ2) is 8.91. The van der Waals surface area contributed by atoms with Crippen molar-refractivity contribution in [3.8, 4) is 0 Å². The zero-order valence-electron chi connectivity index (χ0n) is 13.5. The number of piperidine rings is 1. The molecule has 1 aliphatic rings. The van der Waals surface area contributed by atoms with Gasteiger partial charge < -0.3 is 14.7 Å². The molecule has 122 valence electrons. The molecule has 4 heteroatoms. The fourth-order valence-electron chi connectivity index (χ4n) is 2.88. The van der Waals surface area contributed by atoms with Crippen LogP contribution in [-0.4, -0.2) is 48.3 Å². The molecule has 1 aromatic carbocycles. The van der Waals surface area contributed by atoms with E-state index in [1.807, 2.05) is 17.0 Å². The number of nitrogens with zero attached hydrogens (tertiary/aromatic N) is 1. The molecule has 0 unspecified atom stereocenters. The van der Waals surface area contributed by atoms with E-state index in [0.29, 0.717) is 19.4 Å². The number of aliphatic hydroxyl groups excluding tert-OH is 1. The Labute approximate surface area is 133 Å². The summed E-state index contributed by atoms with van der Waals surface area (Å²) in [4.78, 5) is 14.3. The van der Waals surface area contributed by atoms with E-state index in [1.54, 1.807) is 0 Å². The molecule has 1 heterocycles. The Kier molecular flexibility index (Phi) is 6.87. The Hall–Kier alpha value is -1.39. The maximum atomic E-state index is 12.3. The van der Waals surface area contributed by atoms with E-state index in [-0.39, 0.29) is 18.6 Å². The van der Waals surface area contributed by atoms with Gasteiger partial charge in [0.2, 0.25) is 5.91 Å². The van der Waals surface area contributed by atoms with Gasteiger partial charge in [0, 0.05) is 32.7 Å². The Morgan fingerprint density at radius 1 is 1.32 bits per heavy atom. The minimum absolute atomic E-state index is 0.177. The third-order valence-corrected chi connectivity index (χ3v) is 4.32. The van der Waals surface area contributed by atoms with E-state index in [0.717, 1.165) is 32.4 Å². The van der Waals surface area contributed by atoms with Crippen LogP contribution in [0.1, 0.15) is 36.8 Å². The van der Waals surface area contributed by atoms with Crippen LogP contribution in [-0.2, 0) is 16.0 Å². The standard InChI is InChI=1S/C18H27NO3/c1-15-5-2-3-6-16(15)7-8-18(21)19-11-9-17(10-12-19)22-14-4-13-20/h2-3,5-6,17,20H,4,7-14H2,1H3. The van der Waals surface area contributed by atoms with Gasteiger partial charge in [-0.05, 0) is 43.7 Å². The number of likely N-dealkylation sites (tertiary alicyclic amines) is 1. The van der Waals surface area contributed by atoms with Crippen LogP contribution in [0, 0.1) is 6.92 Å². The molecule has 1 saturated heterocycles. The number of carbonyl (C=O) groups is 1. The lowest BCUT2D eigenvalue weighted by Crippen LogP contribution is -2.41. The highest BCUT2D eigenvalue weighted by Gasteiger charge is 2.22. The molecule has 1 aliphatic heterocycles. The van der Waals surface area contributed by atoms with Crippen molar-refractivity contribution in [2.75, 3.05) is 26.3 Å². The van der Waals surface area contributed by atoms with Crippen molar-refractivity contribution in [1.82, 2.24) is 4.90 Å². The normalized spacial score (nSPS) is 16.0. The van der Waals surface area contributed by atoms with Crippen molar-refractivity contribution in [2.45, 2.75) is 45.1 Å². The topological polar surface area (TPSA) is 49.8 Å². The van der Waals surface area contributed by atoms with Crippen LogP contribution in [0.4, 0.5) is 0 Å². The molecule has 1 N–H and O–H groups in total. The molecule has 0 saturated carbocycles. The molecule has 0 radical (unpaired) electrons. The third-order valence-electron chi connectivity index (χ3n) is 4.32. The van der Waals surface area contributed by atoms with Gasteiger partial charge in [-0.15, -0.1) is 0 Å². The lowest BCUT2D eigenvalue weighted by molar-refractivity contribution is -0.133. The first-order chi connectivity index (χ1) is 10.7. The lowest BCUT2D eigenvalue weighted by atomic mass is 10.0. The summed E-state index contributed by atoms with van der Waals surface area (Å²) in [5.74, 6) is 0.247. The fraction of sp³-hybridized carbons (Fsp3) is 0.611. The molecule has 0 aromatic heterocycles. The van der Waals surface area contributed by atoms with Gasteiger partial charge in [-0.3, -0.25) is 4.79 Å². The molecular formula is C18H27NO3. The summed E-state index contributed by atoms with van der Waals surface area (Å²) in [5, 5.41) is 8.75. The van der Waals surface area contributed by atoms with Gasteiger partial charge in [0.05, 0.1) is 6.10 Å². The predicted molar refractivity (Wildman–Crippen MR) is 86.8 cm³/mol. The molecule has 0 bridgehead atoms. The van der Waals surface area contributed by atoms with Crippen LogP contribution in [0.2, 0.25) is 0 Å². The largest absolute Gasteiger partial charge is 0.396 e. The molecule has 22 heavy (non-hydrogen) atoms. The number of benzene rings is 1. The Morgan fingerprint density at radius 3 is 2.73 bits per heavy atom. The maximum Gasteiger partial charge on any atom is 0.222 e. The summed E-state index contributed by atoms with van der Waals surface area (Å²) >= 11 is 0. The zero-order chi connectivity index (χ0) is 15.8. The van der Waals surface area contributed by atoms with Crippen LogP contribution in [0.25, 0.3) is 0 Å². The highest BCUT2D eigenvalue weighted by molar-refractivity contribution is 5.76. The predicted octanol–water partition coefficient (Wildman–Crippen LogP) is 2.32. The molecule has 2 rings (SSSR count). The first-order valence-electron chi connectivity index (χ1n) is 8.25. The summed E-state index contributed by atoms with van der Waals surface area (Å²) in [5.41, 5.74) is 2.52. The van der Waals surface area contributed by atoms with Crippen LogP contribution in [0.5, 0.6) is 0 Å². The van der Waals surface area contributed by atoms with Crippen LogP contribution < -0.4 is 0 Å². The number of aliphatic hydroxyl groups is 1. The molecule has 0 spiro atoms. The highest BCUT2D eigenvalue weighted by atomic mass is 16.5. The van der Waals surface area contributed by atoms with E-state index in [4.69, 9.17) is 9.84 Å². The van der Waals surface area contributed by atoms with Gasteiger partial charge in [0.15, 0.2) is 0 Å². The summed E-state index contributed by atoms with van der Waals surface area (Å²) in [6.45, 7) is 4.46.